The normalized spacial score (nSPS) is 19.6. The van der Waals surface area contributed by atoms with E-state index >= 15 is 0 Å². The van der Waals surface area contributed by atoms with Crippen molar-refractivity contribution < 1.29 is 9.90 Å². The van der Waals surface area contributed by atoms with Crippen LogP contribution in [0.3, 0.4) is 0 Å². The van der Waals surface area contributed by atoms with Crippen LogP contribution in [0.25, 0.3) is 0 Å². The van der Waals surface area contributed by atoms with Crippen molar-refractivity contribution in [3.8, 4) is 0 Å². The van der Waals surface area contributed by atoms with E-state index in [1.54, 1.807) is 0 Å². The fourth-order valence-corrected chi connectivity index (χ4v) is 1.72. The first-order chi connectivity index (χ1) is 5.58. The second-order valence-corrected chi connectivity index (χ2v) is 4.08. The predicted octanol–water partition coefficient (Wildman–Crippen LogP) is 1.05. The van der Waals surface area contributed by atoms with Crippen LogP contribution in [0.1, 0.15) is 20.3 Å². The minimum atomic E-state index is -0.663. The monoisotopic (exact) mass is 171 g/mol. The molecule has 0 saturated carbocycles. The van der Waals surface area contributed by atoms with E-state index in [0.717, 1.165) is 19.6 Å². The third kappa shape index (κ3) is 2.81. The molecule has 1 rings (SSSR count). The molecule has 3 heteroatoms. The minimum Gasteiger partial charge on any atom is -0.481 e. The van der Waals surface area contributed by atoms with Gasteiger partial charge in [-0.25, -0.2) is 0 Å². The lowest BCUT2D eigenvalue weighted by Gasteiger charge is -2.39. The summed E-state index contributed by atoms with van der Waals surface area (Å²) in [5.74, 6) is 0.432. The number of rotatable bonds is 4. The highest BCUT2D eigenvalue weighted by Crippen LogP contribution is 2.19. The van der Waals surface area contributed by atoms with E-state index in [1.807, 2.05) is 0 Å². The molecule has 70 valence electrons. The van der Waals surface area contributed by atoms with Gasteiger partial charge in [-0.15, -0.1) is 0 Å². The molecule has 0 aromatic rings. The highest BCUT2D eigenvalue weighted by atomic mass is 16.4. The Morgan fingerprint density at radius 1 is 1.58 bits per heavy atom. The van der Waals surface area contributed by atoms with Gasteiger partial charge in [0.2, 0.25) is 0 Å². The second kappa shape index (κ2) is 3.90. The summed E-state index contributed by atoms with van der Waals surface area (Å²) in [7, 11) is 0. The van der Waals surface area contributed by atoms with Crippen LogP contribution in [0, 0.1) is 11.8 Å². The van der Waals surface area contributed by atoms with E-state index in [-0.39, 0.29) is 0 Å². The third-order valence-corrected chi connectivity index (χ3v) is 2.12. The van der Waals surface area contributed by atoms with Gasteiger partial charge in [0.1, 0.15) is 0 Å². The van der Waals surface area contributed by atoms with E-state index in [9.17, 15) is 4.79 Å². The number of aliphatic carboxylic acids is 1. The zero-order chi connectivity index (χ0) is 9.14. The van der Waals surface area contributed by atoms with E-state index in [2.05, 4.69) is 18.7 Å². The number of likely N-dealkylation sites (tertiary alicyclic amines) is 1. The van der Waals surface area contributed by atoms with Crippen molar-refractivity contribution in [3.63, 3.8) is 0 Å². The Kier molecular flexibility index (Phi) is 3.09. The van der Waals surface area contributed by atoms with Crippen LogP contribution in [0.15, 0.2) is 0 Å². The van der Waals surface area contributed by atoms with E-state index in [4.69, 9.17) is 5.11 Å². The minimum absolute atomic E-state index is 0.342. The second-order valence-electron chi connectivity index (χ2n) is 4.08. The van der Waals surface area contributed by atoms with Crippen LogP contribution >= 0.6 is 0 Å². The Morgan fingerprint density at radius 3 is 2.58 bits per heavy atom. The van der Waals surface area contributed by atoms with Crippen LogP contribution in [0.2, 0.25) is 0 Å². The fourth-order valence-electron chi connectivity index (χ4n) is 1.72. The van der Waals surface area contributed by atoms with Gasteiger partial charge in [-0.2, -0.15) is 0 Å². The van der Waals surface area contributed by atoms with Crippen LogP contribution in [0.4, 0.5) is 0 Å². The number of carbonyl (C=O) groups is 1. The maximum absolute atomic E-state index is 10.3. The lowest BCUT2D eigenvalue weighted by molar-refractivity contribution is -0.139. The van der Waals surface area contributed by atoms with Crippen molar-refractivity contribution >= 4 is 5.97 Å². The first kappa shape index (κ1) is 9.52. The predicted molar refractivity (Wildman–Crippen MR) is 47.0 cm³/mol. The molecule has 1 fully saturated rings. The zero-order valence-corrected chi connectivity index (χ0v) is 7.79. The van der Waals surface area contributed by atoms with Crippen molar-refractivity contribution in [1.82, 2.24) is 4.90 Å². The summed E-state index contributed by atoms with van der Waals surface area (Å²) in [4.78, 5) is 12.6. The molecule has 12 heavy (non-hydrogen) atoms. The molecular weight excluding hydrogens is 154 g/mol. The molecule has 0 aromatic heterocycles. The molecule has 1 aliphatic heterocycles. The lowest BCUT2D eigenvalue weighted by Crippen LogP contribution is -2.48. The molecule has 0 bridgehead atoms. The Bertz CT molecular complexity index is 162. The van der Waals surface area contributed by atoms with Gasteiger partial charge in [-0.3, -0.25) is 4.79 Å². The van der Waals surface area contributed by atoms with Crippen LogP contribution in [0.5, 0.6) is 0 Å². The summed E-state index contributed by atoms with van der Waals surface area (Å²) >= 11 is 0. The van der Waals surface area contributed by atoms with Gasteiger partial charge in [0, 0.05) is 19.6 Å². The summed E-state index contributed by atoms with van der Waals surface area (Å²) < 4.78 is 0. The van der Waals surface area contributed by atoms with Crippen molar-refractivity contribution in [1.29, 1.82) is 0 Å². The highest BCUT2D eigenvalue weighted by Gasteiger charge is 2.28. The SMILES string of the molecule is CC(C)CN1CC(CC(=O)O)C1. The maximum Gasteiger partial charge on any atom is 0.303 e. The summed E-state index contributed by atoms with van der Waals surface area (Å²) in [6.45, 7) is 7.43. The highest BCUT2D eigenvalue weighted by molar-refractivity contribution is 5.67. The van der Waals surface area contributed by atoms with Gasteiger partial charge < -0.3 is 10.0 Å². The number of hydrogen-bond donors (Lipinski definition) is 1. The number of hydrogen-bond acceptors (Lipinski definition) is 2. The number of nitrogens with zero attached hydrogens (tertiary/aromatic N) is 1. The molecule has 1 heterocycles. The number of carboxylic acids is 1. The molecule has 0 aliphatic carbocycles. The summed E-state index contributed by atoms with van der Waals surface area (Å²) in [6, 6.07) is 0. The summed E-state index contributed by atoms with van der Waals surface area (Å²) in [6.07, 6.45) is 0.342. The standard InChI is InChI=1S/C9H17NO2/c1-7(2)4-10-5-8(6-10)3-9(11)12/h7-8H,3-6H2,1-2H3,(H,11,12). The van der Waals surface area contributed by atoms with Gasteiger partial charge in [0.25, 0.3) is 0 Å². The van der Waals surface area contributed by atoms with Crippen molar-refractivity contribution in [2.75, 3.05) is 19.6 Å². The molecular formula is C9H17NO2. The Labute approximate surface area is 73.4 Å². The van der Waals surface area contributed by atoms with Crippen LogP contribution in [-0.2, 0) is 4.79 Å². The van der Waals surface area contributed by atoms with Crippen LogP contribution in [-0.4, -0.2) is 35.6 Å². The van der Waals surface area contributed by atoms with E-state index in [1.165, 1.54) is 0 Å². The zero-order valence-electron chi connectivity index (χ0n) is 7.79. The molecule has 0 radical (unpaired) electrons. The average molecular weight is 171 g/mol. The Morgan fingerprint density at radius 2 is 2.17 bits per heavy atom. The average Bonchev–Trinajstić information content (AvgIpc) is 1.80. The molecule has 1 N–H and O–H groups in total. The largest absolute Gasteiger partial charge is 0.481 e. The molecule has 1 saturated heterocycles. The molecule has 0 unspecified atom stereocenters. The fraction of sp³-hybridized carbons (Fsp3) is 0.889. The quantitative estimate of drug-likeness (QED) is 0.687. The van der Waals surface area contributed by atoms with Crippen molar-refractivity contribution in [2.24, 2.45) is 11.8 Å². The summed E-state index contributed by atoms with van der Waals surface area (Å²) in [5.41, 5.74) is 0. The molecule has 0 aromatic carbocycles. The molecule has 0 spiro atoms. The first-order valence-electron chi connectivity index (χ1n) is 4.52. The third-order valence-electron chi connectivity index (χ3n) is 2.12. The van der Waals surface area contributed by atoms with Gasteiger partial charge in [-0.1, -0.05) is 13.8 Å². The Balaban J connectivity index is 2.08. The van der Waals surface area contributed by atoms with E-state index < -0.39 is 5.97 Å². The Hall–Kier alpha value is -0.570. The van der Waals surface area contributed by atoms with E-state index in [0.29, 0.717) is 18.3 Å². The van der Waals surface area contributed by atoms with Gasteiger partial charge >= 0.3 is 5.97 Å². The molecule has 0 amide bonds. The van der Waals surface area contributed by atoms with Gasteiger partial charge in [0.15, 0.2) is 0 Å². The van der Waals surface area contributed by atoms with Crippen molar-refractivity contribution in [3.05, 3.63) is 0 Å². The topological polar surface area (TPSA) is 40.5 Å². The van der Waals surface area contributed by atoms with Crippen LogP contribution < -0.4 is 0 Å². The first-order valence-corrected chi connectivity index (χ1v) is 4.52. The lowest BCUT2D eigenvalue weighted by atomic mass is 9.95. The summed E-state index contributed by atoms with van der Waals surface area (Å²) in [5, 5.41) is 8.50. The van der Waals surface area contributed by atoms with Crippen molar-refractivity contribution in [2.45, 2.75) is 20.3 Å². The molecule has 3 nitrogen and oxygen atoms in total. The number of carboxylic acid groups (broad SMARTS) is 1. The van der Waals surface area contributed by atoms with Gasteiger partial charge in [0.05, 0.1) is 6.42 Å². The maximum atomic E-state index is 10.3. The molecule has 0 atom stereocenters. The van der Waals surface area contributed by atoms with Gasteiger partial charge in [-0.05, 0) is 11.8 Å². The molecule has 1 aliphatic rings. The smallest absolute Gasteiger partial charge is 0.303 e.